The van der Waals surface area contributed by atoms with Crippen molar-refractivity contribution in [2.75, 3.05) is 25.6 Å². The topological polar surface area (TPSA) is 58.6 Å². The number of hydrogen-bond donors (Lipinski definition) is 1. The first-order valence-electron chi connectivity index (χ1n) is 6.56. The van der Waals surface area contributed by atoms with Gasteiger partial charge in [-0.15, -0.1) is 0 Å². The van der Waals surface area contributed by atoms with E-state index in [2.05, 4.69) is 5.32 Å². The SMILES string of the molecule is COCC(=O)N1CCC[C@H]1C(=O)Nc1cc(Cl)cc(Cl)c1. The minimum absolute atomic E-state index is 0.0211. The van der Waals surface area contributed by atoms with E-state index in [9.17, 15) is 9.59 Å². The van der Waals surface area contributed by atoms with Crippen LogP contribution in [0.1, 0.15) is 12.8 Å². The highest BCUT2D eigenvalue weighted by molar-refractivity contribution is 6.35. The summed E-state index contributed by atoms with van der Waals surface area (Å²) < 4.78 is 4.84. The van der Waals surface area contributed by atoms with Crippen LogP contribution < -0.4 is 5.32 Å². The zero-order valence-electron chi connectivity index (χ0n) is 11.6. The Hall–Kier alpha value is -1.30. The molecule has 0 radical (unpaired) electrons. The Morgan fingerprint density at radius 3 is 2.62 bits per heavy atom. The molecule has 1 fully saturated rings. The Kier molecular flexibility index (Phi) is 5.45. The van der Waals surface area contributed by atoms with E-state index < -0.39 is 6.04 Å². The Labute approximate surface area is 133 Å². The third-order valence-electron chi connectivity index (χ3n) is 3.27. The van der Waals surface area contributed by atoms with Crippen molar-refractivity contribution in [2.24, 2.45) is 0 Å². The minimum atomic E-state index is -0.481. The maximum Gasteiger partial charge on any atom is 0.249 e. The average Bonchev–Trinajstić information content (AvgIpc) is 2.86. The maximum atomic E-state index is 12.3. The Balaban J connectivity index is 2.06. The Morgan fingerprint density at radius 2 is 2.00 bits per heavy atom. The van der Waals surface area contributed by atoms with E-state index in [1.54, 1.807) is 23.1 Å². The van der Waals surface area contributed by atoms with Gasteiger partial charge in [0.2, 0.25) is 11.8 Å². The molecule has 7 heteroatoms. The summed E-state index contributed by atoms with van der Waals surface area (Å²) in [6, 6.07) is 4.33. The number of carbonyl (C=O) groups excluding carboxylic acids is 2. The summed E-state index contributed by atoms with van der Waals surface area (Å²) in [7, 11) is 1.46. The van der Waals surface area contributed by atoms with Crippen molar-refractivity contribution in [3.8, 4) is 0 Å². The molecule has 1 atom stereocenters. The van der Waals surface area contributed by atoms with Gasteiger partial charge in [-0.1, -0.05) is 23.2 Å². The average molecular weight is 331 g/mol. The molecule has 0 aliphatic carbocycles. The van der Waals surface area contributed by atoms with Crippen LogP contribution >= 0.6 is 23.2 Å². The molecular weight excluding hydrogens is 315 g/mol. The lowest BCUT2D eigenvalue weighted by Gasteiger charge is -2.23. The van der Waals surface area contributed by atoms with E-state index >= 15 is 0 Å². The van der Waals surface area contributed by atoms with E-state index in [4.69, 9.17) is 27.9 Å². The van der Waals surface area contributed by atoms with Gasteiger partial charge in [-0.05, 0) is 31.0 Å². The van der Waals surface area contributed by atoms with Crippen LogP contribution in [-0.2, 0) is 14.3 Å². The van der Waals surface area contributed by atoms with E-state index in [1.807, 2.05) is 0 Å². The lowest BCUT2D eigenvalue weighted by molar-refractivity contribution is -0.139. The van der Waals surface area contributed by atoms with Crippen molar-refractivity contribution in [1.82, 2.24) is 4.90 Å². The number of halogens is 2. The second kappa shape index (κ2) is 7.11. The Bertz CT molecular complexity index is 531. The fraction of sp³-hybridized carbons (Fsp3) is 0.429. The number of carbonyl (C=O) groups is 2. The summed E-state index contributed by atoms with van der Waals surface area (Å²) in [6.45, 7) is 0.545. The monoisotopic (exact) mass is 330 g/mol. The highest BCUT2D eigenvalue weighted by Gasteiger charge is 2.33. The zero-order valence-corrected chi connectivity index (χ0v) is 13.1. The summed E-state index contributed by atoms with van der Waals surface area (Å²) in [5.41, 5.74) is 0.517. The molecule has 1 saturated heterocycles. The van der Waals surface area contributed by atoms with Crippen LogP contribution in [0, 0.1) is 0 Å². The summed E-state index contributed by atoms with van der Waals surface area (Å²) in [6.07, 6.45) is 1.43. The van der Waals surface area contributed by atoms with Crippen molar-refractivity contribution in [3.63, 3.8) is 0 Å². The van der Waals surface area contributed by atoms with Crippen LogP contribution in [0.4, 0.5) is 5.69 Å². The molecule has 0 unspecified atom stereocenters. The lowest BCUT2D eigenvalue weighted by Crippen LogP contribution is -2.44. The summed E-state index contributed by atoms with van der Waals surface area (Å²) >= 11 is 11.8. The summed E-state index contributed by atoms with van der Waals surface area (Å²) in [4.78, 5) is 25.8. The molecule has 1 aromatic rings. The number of methoxy groups -OCH3 is 1. The van der Waals surface area contributed by atoms with E-state index in [-0.39, 0.29) is 18.4 Å². The van der Waals surface area contributed by atoms with Crippen molar-refractivity contribution in [2.45, 2.75) is 18.9 Å². The van der Waals surface area contributed by atoms with Crippen LogP contribution in [0.15, 0.2) is 18.2 Å². The summed E-state index contributed by atoms with van der Waals surface area (Å²) in [5.74, 6) is -0.422. The number of likely N-dealkylation sites (tertiary alicyclic amines) is 1. The van der Waals surface area contributed by atoms with Crippen molar-refractivity contribution in [3.05, 3.63) is 28.2 Å². The van der Waals surface area contributed by atoms with Gasteiger partial charge >= 0.3 is 0 Å². The second-order valence-corrected chi connectivity index (χ2v) is 5.70. The van der Waals surface area contributed by atoms with Crippen molar-refractivity contribution < 1.29 is 14.3 Å². The smallest absolute Gasteiger partial charge is 0.249 e. The minimum Gasteiger partial charge on any atom is -0.375 e. The second-order valence-electron chi connectivity index (χ2n) is 4.83. The predicted molar refractivity (Wildman–Crippen MR) is 81.7 cm³/mol. The number of nitrogens with zero attached hydrogens (tertiary/aromatic N) is 1. The number of nitrogens with one attached hydrogen (secondary N) is 1. The molecule has 1 aromatic carbocycles. The van der Waals surface area contributed by atoms with E-state index in [0.29, 0.717) is 28.7 Å². The standard InChI is InChI=1S/C14H16Cl2N2O3/c1-21-8-13(19)18-4-2-3-12(18)14(20)17-11-6-9(15)5-10(16)7-11/h5-7,12H,2-4,8H2,1H3,(H,17,20)/t12-/m0/s1. The van der Waals surface area contributed by atoms with Gasteiger partial charge in [0.15, 0.2) is 0 Å². The maximum absolute atomic E-state index is 12.3. The molecule has 21 heavy (non-hydrogen) atoms. The number of rotatable bonds is 4. The van der Waals surface area contributed by atoms with Crippen LogP contribution in [0.2, 0.25) is 10.0 Å². The third-order valence-corrected chi connectivity index (χ3v) is 3.71. The molecule has 0 bridgehead atoms. The molecule has 1 aliphatic heterocycles. The molecule has 1 heterocycles. The number of ether oxygens (including phenoxy) is 1. The largest absolute Gasteiger partial charge is 0.375 e. The number of anilines is 1. The van der Waals surface area contributed by atoms with Gasteiger partial charge in [-0.3, -0.25) is 9.59 Å². The van der Waals surface area contributed by atoms with Crippen molar-refractivity contribution >= 4 is 40.7 Å². The molecule has 1 N–H and O–H groups in total. The zero-order chi connectivity index (χ0) is 15.4. The van der Waals surface area contributed by atoms with Gasteiger partial charge in [0.1, 0.15) is 12.6 Å². The molecule has 114 valence electrons. The normalized spacial score (nSPS) is 17.9. The third kappa shape index (κ3) is 4.09. The summed E-state index contributed by atoms with van der Waals surface area (Å²) in [5, 5.41) is 3.63. The van der Waals surface area contributed by atoms with Crippen LogP contribution in [0.3, 0.4) is 0 Å². The van der Waals surface area contributed by atoms with Gasteiger partial charge in [0.05, 0.1) is 0 Å². The quantitative estimate of drug-likeness (QED) is 0.922. The first kappa shape index (κ1) is 16.1. The molecule has 0 spiro atoms. The van der Waals surface area contributed by atoms with Gasteiger partial charge in [0.25, 0.3) is 0 Å². The fourth-order valence-corrected chi connectivity index (χ4v) is 2.92. The first-order valence-corrected chi connectivity index (χ1v) is 7.32. The number of benzene rings is 1. The van der Waals surface area contributed by atoms with E-state index in [1.165, 1.54) is 7.11 Å². The molecular formula is C14H16Cl2N2O3. The number of hydrogen-bond acceptors (Lipinski definition) is 3. The lowest BCUT2D eigenvalue weighted by atomic mass is 10.2. The highest BCUT2D eigenvalue weighted by Crippen LogP contribution is 2.24. The first-order chi connectivity index (χ1) is 10.0. The van der Waals surface area contributed by atoms with Crippen molar-refractivity contribution in [1.29, 1.82) is 0 Å². The highest BCUT2D eigenvalue weighted by atomic mass is 35.5. The molecule has 1 aliphatic rings. The Morgan fingerprint density at radius 1 is 1.33 bits per heavy atom. The molecule has 0 saturated carbocycles. The molecule has 0 aromatic heterocycles. The van der Waals surface area contributed by atoms with Gasteiger partial charge < -0.3 is 15.0 Å². The van der Waals surface area contributed by atoms with Crippen LogP contribution in [0.25, 0.3) is 0 Å². The number of amides is 2. The van der Waals surface area contributed by atoms with Gasteiger partial charge in [-0.25, -0.2) is 0 Å². The van der Waals surface area contributed by atoms with Gasteiger partial charge in [-0.2, -0.15) is 0 Å². The molecule has 2 rings (SSSR count). The fourth-order valence-electron chi connectivity index (χ4n) is 2.40. The van der Waals surface area contributed by atoms with Crippen LogP contribution in [-0.4, -0.2) is 43.0 Å². The van der Waals surface area contributed by atoms with E-state index in [0.717, 1.165) is 6.42 Å². The van der Waals surface area contributed by atoms with Gasteiger partial charge in [0, 0.05) is 29.4 Å². The molecule has 5 nitrogen and oxygen atoms in total. The van der Waals surface area contributed by atoms with Crippen LogP contribution in [0.5, 0.6) is 0 Å². The predicted octanol–water partition coefficient (Wildman–Crippen LogP) is 2.57. The molecule has 2 amide bonds.